The zero-order valence-corrected chi connectivity index (χ0v) is 78.5. The number of benzene rings is 6. The van der Waals surface area contributed by atoms with Gasteiger partial charge in [-0.3, -0.25) is 34.1 Å². The second-order valence-corrected chi connectivity index (χ2v) is 39.5. The molecule has 12 rings (SSSR count). The van der Waals surface area contributed by atoms with Crippen molar-refractivity contribution in [2.24, 2.45) is 0 Å². The van der Waals surface area contributed by atoms with Crippen molar-refractivity contribution < 1.29 is 43.5 Å². The molecule has 5 aliphatic heterocycles. The summed E-state index contributed by atoms with van der Waals surface area (Å²) < 4.78 is 22.0. The number of unbranched alkanes of at least 4 members (excludes halogenated alkanes) is 1. The summed E-state index contributed by atoms with van der Waals surface area (Å²) in [4.78, 5) is 52.1. The summed E-state index contributed by atoms with van der Waals surface area (Å²) >= 11 is 0. The molecule has 122 heavy (non-hydrogen) atoms. The number of amides is 3. The van der Waals surface area contributed by atoms with E-state index in [0.717, 1.165) is 165 Å². The van der Waals surface area contributed by atoms with Gasteiger partial charge in [-0.1, -0.05) is 240 Å². The highest BCUT2D eigenvalue weighted by molar-refractivity contribution is 6.03. The maximum atomic E-state index is 12.2. The minimum absolute atomic E-state index is 0.0300. The largest absolute Gasteiger partial charge is 0.494 e. The number of carbonyl (C=O) groups is 3. The van der Waals surface area contributed by atoms with E-state index in [9.17, 15) is 24.6 Å². The Morgan fingerprint density at radius 2 is 0.893 bits per heavy atom. The Morgan fingerprint density at radius 1 is 0.443 bits per heavy atom. The zero-order chi connectivity index (χ0) is 89.1. The highest BCUT2D eigenvalue weighted by atomic mass is 16.5. The van der Waals surface area contributed by atoms with Crippen LogP contribution in [0.1, 0.15) is 236 Å². The van der Waals surface area contributed by atoms with Gasteiger partial charge in [-0.05, 0) is 196 Å². The highest BCUT2D eigenvalue weighted by Crippen LogP contribution is 2.33. The number of likely N-dealkylation sites (tertiary alicyclic amines) is 2. The Morgan fingerprint density at radius 3 is 1.39 bits per heavy atom. The molecule has 2 unspecified atom stereocenters. The number of aliphatic hydroxyl groups is 2. The second kappa shape index (κ2) is 49.6. The first-order valence-electron chi connectivity index (χ1n) is 45.1. The average molecular weight is 1680 g/mol. The van der Waals surface area contributed by atoms with Gasteiger partial charge in [0.05, 0.1) is 58.5 Å². The maximum Gasteiger partial charge on any atom is 0.274 e. The van der Waals surface area contributed by atoms with Crippen LogP contribution in [0.2, 0.25) is 0 Å². The molecule has 670 valence electrons. The molecule has 0 aliphatic carbocycles. The third kappa shape index (κ3) is 37.4. The Hall–Kier alpha value is -7.98. The van der Waals surface area contributed by atoms with Crippen LogP contribution in [0.3, 0.4) is 0 Å². The molecule has 0 bridgehead atoms. The van der Waals surface area contributed by atoms with Crippen molar-refractivity contribution in [1.82, 2.24) is 29.5 Å². The van der Waals surface area contributed by atoms with Crippen molar-refractivity contribution in [2.45, 2.75) is 235 Å². The molecule has 0 saturated carbocycles. The number of aliphatic hydroxyl groups excluding tert-OH is 2. The third-order valence-corrected chi connectivity index (χ3v) is 22.8. The lowest BCUT2D eigenvalue weighted by molar-refractivity contribution is -0.117. The molecule has 1 aromatic heterocycles. The Bertz CT molecular complexity index is 4200. The Kier molecular flexibility index (Phi) is 41.1. The number of pyridine rings is 1. The first kappa shape index (κ1) is 101. The first-order valence-corrected chi connectivity index (χ1v) is 45.1. The van der Waals surface area contributed by atoms with Crippen LogP contribution in [0.25, 0.3) is 6.08 Å². The number of anilines is 3. The number of aryl methyl sites for hydroxylation is 1. The van der Waals surface area contributed by atoms with Gasteiger partial charge in [0.2, 0.25) is 11.8 Å². The van der Waals surface area contributed by atoms with Gasteiger partial charge >= 0.3 is 0 Å². The number of carbonyl (C=O) groups excluding carboxylic acids is 3. The fourth-order valence-electron chi connectivity index (χ4n) is 15.2. The summed E-state index contributed by atoms with van der Waals surface area (Å²) in [5.74, 6) is 0.872. The van der Waals surface area contributed by atoms with Gasteiger partial charge in [0.25, 0.3) is 5.91 Å². The smallest absolute Gasteiger partial charge is 0.274 e. The molecule has 0 spiro atoms. The van der Waals surface area contributed by atoms with Crippen molar-refractivity contribution in [2.75, 3.05) is 160 Å². The van der Waals surface area contributed by atoms with E-state index in [4.69, 9.17) is 18.9 Å². The van der Waals surface area contributed by atoms with Gasteiger partial charge < -0.3 is 54.9 Å². The standard InChI is InChI=1S/C18H28N2O2.C18H29NO.C17H26N2O2.C17H20N2O.C17H27NO2.C17H25NO/c1-13-15(18(2,3)4)6-5-7-16(13)19-17(22)9-11-20-10-8-14(21)12-20;1-18(2,3)17-9-6-8-16(15-17)7-4-5-10-19-11-13-20-14-12-19;1-17(2,3)13-5-4-6-14(11-13)18-16(21)8-10-19-9-7-15(20)12-19;1-12-13(17(2,3)4)8-7-10-14(12)19-16(20)15-9-5-6-11-18-15;1-17(2,3)15-6-4-7-16(14-15)20-11-5-8-18-9-12-19-13-10-18;1-17(2,3)16-8-4-6-15(14-16)7-5-9-18-10-12-19-13-11-18/h5-7,14,21H,8-12H2,1-4H3,(H,19,22);6,8-9,15H,4-5,7,10-14H2,1-3H3;4-6,11,15,20H,7-10,12H2,1-3H3,(H,18,21);5-11H,1-4H3,(H,19,20);4,6-7,14H,5,8-13H2,1-3H3;4-8,14H,9-13H2,1-3H3/b;;;;;7-5+. The lowest BCUT2D eigenvalue weighted by atomic mass is 9.83. The molecule has 5 N–H and O–H groups in total. The third-order valence-electron chi connectivity index (χ3n) is 22.8. The van der Waals surface area contributed by atoms with Gasteiger partial charge in [-0.15, -0.1) is 0 Å². The number of β-amino-alcohol motifs (C(OH)–C–C–N with tert-alkyl or cyclic N) is 2. The summed E-state index contributed by atoms with van der Waals surface area (Å²) in [6.45, 7) is 64.3. The lowest BCUT2D eigenvalue weighted by Gasteiger charge is -2.26. The number of morpholine rings is 3. The SMILES string of the molecule is CC(C)(C)c1cccc(/C=C/CN2CCOCC2)c1.CC(C)(C)c1cccc(CCCCN2CCOCC2)c1.CC(C)(C)c1cccc(NC(=O)CCN2CCC(O)C2)c1.CC(C)(C)c1cccc(OCCCN2CCOCC2)c1.Cc1c(NC(=O)CCN2CCC(O)C2)cccc1C(C)(C)C.Cc1c(NC(=O)c2ccccn2)cccc1C(C)(C)C. The molecule has 5 fully saturated rings. The first-order chi connectivity index (χ1) is 57.7. The minimum Gasteiger partial charge on any atom is -0.494 e. The van der Waals surface area contributed by atoms with Gasteiger partial charge in [-0.25, -0.2) is 0 Å². The van der Waals surface area contributed by atoms with E-state index in [-0.39, 0.29) is 62.4 Å². The van der Waals surface area contributed by atoms with E-state index in [1.807, 2.05) is 55.5 Å². The summed E-state index contributed by atoms with van der Waals surface area (Å²) in [6, 6.07) is 51.8. The molecule has 2 atom stereocenters. The van der Waals surface area contributed by atoms with E-state index >= 15 is 0 Å². The highest BCUT2D eigenvalue weighted by Gasteiger charge is 2.26. The Balaban J connectivity index is 0.000000202. The number of hydrogen-bond acceptors (Lipinski definition) is 15. The number of nitrogens with one attached hydrogen (secondary N) is 3. The Labute approximate surface area is 735 Å². The molecule has 18 heteroatoms. The molecule has 0 radical (unpaired) electrons. The van der Waals surface area contributed by atoms with Crippen molar-refractivity contribution in [3.63, 3.8) is 0 Å². The molecule has 5 aliphatic rings. The molecule has 6 heterocycles. The molecular formula is C104H155N9O9. The lowest BCUT2D eigenvalue weighted by Crippen LogP contribution is -2.37. The van der Waals surface area contributed by atoms with Crippen molar-refractivity contribution in [1.29, 1.82) is 0 Å². The van der Waals surface area contributed by atoms with Crippen LogP contribution in [0.5, 0.6) is 5.75 Å². The molecule has 7 aromatic rings. The number of aromatic nitrogens is 1. The molecule has 18 nitrogen and oxygen atoms in total. The molecule has 3 amide bonds. The fourth-order valence-corrected chi connectivity index (χ4v) is 15.2. The quantitative estimate of drug-likeness (QED) is 0.0380. The van der Waals surface area contributed by atoms with Gasteiger partial charge in [0.1, 0.15) is 11.4 Å². The zero-order valence-electron chi connectivity index (χ0n) is 78.5. The minimum atomic E-state index is -0.228. The van der Waals surface area contributed by atoms with Gasteiger partial charge in [0, 0.05) is 128 Å². The van der Waals surface area contributed by atoms with E-state index in [2.05, 4.69) is 274 Å². The van der Waals surface area contributed by atoms with Crippen LogP contribution in [0, 0.1) is 13.8 Å². The van der Waals surface area contributed by atoms with E-state index < -0.39 is 0 Å². The van der Waals surface area contributed by atoms with Gasteiger partial charge in [0.15, 0.2) is 0 Å². The summed E-state index contributed by atoms with van der Waals surface area (Å²) in [6.07, 6.45) is 13.1. The van der Waals surface area contributed by atoms with Crippen molar-refractivity contribution in [3.05, 3.63) is 225 Å². The van der Waals surface area contributed by atoms with Crippen LogP contribution >= 0.6 is 0 Å². The predicted octanol–water partition coefficient (Wildman–Crippen LogP) is 19.1. The van der Waals surface area contributed by atoms with Crippen molar-refractivity contribution >= 4 is 40.9 Å². The van der Waals surface area contributed by atoms with Crippen LogP contribution < -0.4 is 20.7 Å². The summed E-state index contributed by atoms with van der Waals surface area (Å²) in [5, 5.41) is 27.9. The number of rotatable bonds is 23. The number of hydrogen-bond donors (Lipinski definition) is 5. The fraction of sp³-hybridized carbons (Fsp3) is 0.558. The number of ether oxygens (including phenoxy) is 4. The van der Waals surface area contributed by atoms with Crippen LogP contribution in [0.4, 0.5) is 17.1 Å². The van der Waals surface area contributed by atoms with Crippen molar-refractivity contribution in [3.8, 4) is 5.75 Å². The topological polar surface area (TPSA) is 194 Å². The maximum absolute atomic E-state index is 12.2. The van der Waals surface area contributed by atoms with E-state index in [1.54, 1.807) is 24.4 Å². The molecule has 6 aromatic carbocycles. The second-order valence-electron chi connectivity index (χ2n) is 39.5. The van der Waals surface area contributed by atoms with E-state index in [1.165, 1.54) is 70.3 Å². The predicted molar refractivity (Wildman–Crippen MR) is 507 cm³/mol. The summed E-state index contributed by atoms with van der Waals surface area (Å²) in [7, 11) is 0. The van der Waals surface area contributed by atoms with E-state index in [0.29, 0.717) is 44.7 Å². The number of nitrogens with zero attached hydrogens (tertiary/aromatic N) is 6. The van der Waals surface area contributed by atoms with Crippen LogP contribution in [-0.4, -0.2) is 214 Å². The monoisotopic (exact) mass is 1670 g/mol. The molecular weight excluding hydrogens is 1520 g/mol. The normalized spacial score (nSPS) is 17.2. The van der Waals surface area contributed by atoms with Crippen LogP contribution in [0.15, 0.2) is 164 Å². The summed E-state index contributed by atoms with van der Waals surface area (Å²) in [5.41, 5.74) is 16.7. The van der Waals surface area contributed by atoms with Gasteiger partial charge in [-0.2, -0.15) is 0 Å². The van der Waals surface area contributed by atoms with Crippen LogP contribution in [-0.2, 0) is 62.7 Å². The average Bonchev–Trinajstić information content (AvgIpc) is 0.881. The molecule has 5 saturated heterocycles.